The first-order chi connectivity index (χ1) is 13.0. The molecular formula is C19H25F3N4OS. The summed E-state index contributed by atoms with van der Waals surface area (Å²) in [7, 11) is 1.57. The molecule has 0 unspecified atom stereocenters. The number of aromatic nitrogens is 1. The van der Waals surface area contributed by atoms with Crippen LogP contribution in [0.25, 0.3) is 0 Å². The van der Waals surface area contributed by atoms with Crippen LogP contribution in [-0.2, 0) is 19.3 Å². The minimum absolute atomic E-state index is 0.0218. The van der Waals surface area contributed by atoms with Crippen LogP contribution in [0.5, 0.6) is 5.75 Å². The summed E-state index contributed by atoms with van der Waals surface area (Å²) < 4.78 is 46.1. The molecule has 28 heavy (non-hydrogen) atoms. The van der Waals surface area contributed by atoms with Gasteiger partial charge < -0.3 is 15.4 Å². The van der Waals surface area contributed by atoms with Gasteiger partial charge in [-0.15, -0.1) is 11.3 Å². The lowest BCUT2D eigenvalue weighted by Gasteiger charge is -2.23. The number of benzene rings is 1. The number of nitrogens with zero attached hydrogens (tertiary/aromatic N) is 2. The highest BCUT2D eigenvalue weighted by Gasteiger charge is 2.34. The van der Waals surface area contributed by atoms with Crippen molar-refractivity contribution in [2.45, 2.75) is 52.6 Å². The van der Waals surface area contributed by atoms with Crippen molar-refractivity contribution in [2.75, 3.05) is 7.05 Å². The molecule has 9 heteroatoms. The number of halogens is 3. The average molecular weight is 414 g/mol. The Bertz CT molecular complexity index is 825. The third-order valence-corrected chi connectivity index (χ3v) is 4.68. The van der Waals surface area contributed by atoms with E-state index >= 15 is 0 Å². The van der Waals surface area contributed by atoms with Gasteiger partial charge >= 0.3 is 6.18 Å². The highest BCUT2D eigenvalue weighted by Crippen LogP contribution is 2.35. The summed E-state index contributed by atoms with van der Waals surface area (Å²) in [4.78, 5) is 9.27. The van der Waals surface area contributed by atoms with E-state index in [4.69, 9.17) is 4.74 Å². The van der Waals surface area contributed by atoms with E-state index in [1.54, 1.807) is 39.4 Å². The number of guanidine groups is 1. The van der Waals surface area contributed by atoms with Crippen molar-refractivity contribution in [1.82, 2.24) is 15.6 Å². The Balaban J connectivity index is 2.10. The smallest absolute Gasteiger partial charge is 0.416 e. The molecule has 0 radical (unpaired) electrons. The van der Waals surface area contributed by atoms with Crippen molar-refractivity contribution in [3.05, 3.63) is 45.4 Å². The summed E-state index contributed by atoms with van der Waals surface area (Å²) in [6.07, 6.45) is -4.48. The summed E-state index contributed by atoms with van der Waals surface area (Å²) >= 11 is 1.51. The van der Waals surface area contributed by atoms with Gasteiger partial charge in [0, 0.05) is 18.5 Å². The van der Waals surface area contributed by atoms with Crippen LogP contribution in [0, 0.1) is 6.92 Å². The van der Waals surface area contributed by atoms with Crippen LogP contribution in [0.2, 0.25) is 0 Å². The van der Waals surface area contributed by atoms with Crippen molar-refractivity contribution < 1.29 is 17.9 Å². The Morgan fingerprint density at radius 2 is 1.86 bits per heavy atom. The molecule has 0 aliphatic heterocycles. The van der Waals surface area contributed by atoms with Crippen LogP contribution in [-0.4, -0.2) is 23.6 Å². The molecular weight excluding hydrogens is 389 g/mol. The monoisotopic (exact) mass is 414 g/mol. The molecule has 0 atom stereocenters. The fraction of sp³-hybridized carbons (Fsp3) is 0.474. The molecule has 5 nitrogen and oxygen atoms in total. The zero-order chi connectivity index (χ0) is 20.9. The fourth-order valence-electron chi connectivity index (χ4n) is 2.45. The van der Waals surface area contributed by atoms with E-state index in [0.29, 0.717) is 12.5 Å². The van der Waals surface area contributed by atoms with E-state index < -0.39 is 17.3 Å². The number of aliphatic imine (C=N–C) groups is 1. The standard InChI is InChI=1S/C19H25F3N4OS/c1-12-16(28-11-26-12)10-25-17(23-5)24-9-13-6-7-14(27-18(2,3)4)8-15(13)19(20,21)22/h6-8,11H,9-10H2,1-5H3,(H2,23,24,25). The average Bonchev–Trinajstić information content (AvgIpc) is 2.98. The predicted molar refractivity (Wildman–Crippen MR) is 106 cm³/mol. The number of alkyl halides is 3. The minimum atomic E-state index is -4.48. The molecule has 2 aromatic rings. The number of thiazole rings is 1. The number of hydrogen-bond donors (Lipinski definition) is 2. The second kappa shape index (κ2) is 8.81. The van der Waals surface area contributed by atoms with Gasteiger partial charge in [0.2, 0.25) is 0 Å². The molecule has 0 spiro atoms. The first kappa shape index (κ1) is 22.0. The maximum Gasteiger partial charge on any atom is 0.416 e. The molecule has 1 aromatic heterocycles. The fourth-order valence-corrected chi connectivity index (χ4v) is 3.17. The lowest BCUT2D eigenvalue weighted by Crippen LogP contribution is -2.36. The maximum atomic E-state index is 13.5. The van der Waals surface area contributed by atoms with Crippen LogP contribution in [0.15, 0.2) is 28.7 Å². The SMILES string of the molecule is CN=C(NCc1ccc(OC(C)(C)C)cc1C(F)(F)F)NCc1scnc1C. The van der Waals surface area contributed by atoms with Crippen LogP contribution >= 0.6 is 11.3 Å². The molecule has 0 amide bonds. The van der Waals surface area contributed by atoms with Crippen LogP contribution in [0.4, 0.5) is 13.2 Å². The molecule has 1 heterocycles. The number of aryl methyl sites for hydroxylation is 1. The normalized spacial score (nSPS) is 12.8. The van der Waals surface area contributed by atoms with E-state index in [1.165, 1.54) is 17.4 Å². The Labute approximate surface area is 167 Å². The number of hydrogen-bond acceptors (Lipinski definition) is 4. The third kappa shape index (κ3) is 6.40. The first-order valence-corrected chi connectivity index (χ1v) is 9.60. The van der Waals surface area contributed by atoms with Crippen LogP contribution < -0.4 is 15.4 Å². The predicted octanol–water partition coefficient (Wildman–Crippen LogP) is 4.51. The van der Waals surface area contributed by atoms with E-state index in [0.717, 1.165) is 16.6 Å². The number of ether oxygens (including phenoxy) is 1. The molecule has 2 rings (SSSR count). The van der Waals surface area contributed by atoms with Gasteiger partial charge in [-0.1, -0.05) is 6.07 Å². The van der Waals surface area contributed by atoms with Gasteiger partial charge in [-0.3, -0.25) is 4.99 Å². The van der Waals surface area contributed by atoms with E-state index in [2.05, 4.69) is 20.6 Å². The zero-order valence-electron chi connectivity index (χ0n) is 16.6. The van der Waals surface area contributed by atoms with Crippen molar-refractivity contribution in [3.8, 4) is 5.75 Å². The van der Waals surface area contributed by atoms with E-state index in [-0.39, 0.29) is 17.9 Å². The molecule has 0 aliphatic carbocycles. The summed E-state index contributed by atoms with van der Waals surface area (Å²) in [6.45, 7) is 7.75. The Hall–Kier alpha value is -2.29. The van der Waals surface area contributed by atoms with Crippen molar-refractivity contribution in [1.29, 1.82) is 0 Å². The summed E-state index contributed by atoms with van der Waals surface area (Å²) in [6, 6.07) is 4.02. The van der Waals surface area contributed by atoms with Gasteiger partial charge in [-0.25, -0.2) is 4.98 Å². The molecule has 1 aromatic carbocycles. The number of rotatable bonds is 5. The van der Waals surface area contributed by atoms with Gasteiger partial charge in [0.1, 0.15) is 11.4 Å². The molecule has 0 saturated carbocycles. The van der Waals surface area contributed by atoms with Crippen LogP contribution in [0.1, 0.15) is 42.5 Å². The lowest BCUT2D eigenvalue weighted by atomic mass is 10.1. The highest BCUT2D eigenvalue weighted by molar-refractivity contribution is 7.09. The van der Waals surface area contributed by atoms with E-state index in [9.17, 15) is 13.2 Å². The summed E-state index contributed by atoms with van der Waals surface area (Å²) in [5.41, 5.74) is 1.48. The van der Waals surface area contributed by atoms with Gasteiger partial charge in [0.05, 0.1) is 23.3 Å². The zero-order valence-corrected chi connectivity index (χ0v) is 17.4. The van der Waals surface area contributed by atoms with Crippen LogP contribution in [0.3, 0.4) is 0 Å². The van der Waals surface area contributed by atoms with E-state index in [1.807, 2.05) is 6.92 Å². The highest BCUT2D eigenvalue weighted by atomic mass is 32.1. The maximum absolute atomic E-state index is 13.5. The molecule has 154 valence electrons. The number of nitrogens with one attached hydrogen (secondary N) is 2. The largest absolute Gasteiger partial charge is 0.488 e. The van der Waals surface area contributed by atoms with Crippen molar-refractivity contribution in [3.63, 3.8) is 0 Å². The Kier molecular flexibility index (Phi) is 6.92. The van der Waals surface area contributed by atoms with Crippen molar-refractivity contribution >= 4 is 17.3 Å². The Morgan fingerprint density at radius 3 is 2.39 bits per heavy atom. The lowest BCUT2D eigenvalue weighted by molar-refractivity contribution is -0.138. The third-order valence-electron chi connectivity index (χ3n) is 3.74. The molecule has 0 saturated heterocycles. The minimum Gasteiger partial charge on any atom is -0.488 e. The second-order valence-electron chi connectivity index (χ2n) is 7.17. The summed E-state index contributed by atoms with van der Waals surface area (Å²) in [5.74, 6) is 0.600. The van der Waals surface area contributed by atoms with Crippen molar-refractivity contribution in [2.24, 2.45) is 4.99 Å². The van der Waals surface area contributed by atoms with Gasteiger partial charge in [0.25, 0.3) is 0 Å². The second-order valence-corrected chi connectivity index (χ2v) is 8.11. The Morgan fingerprint density at radius 1 is 1.18 bits per heavy atom. The molecule has 0 fully saturated rings. The first-order valence-electron chi connectivity index (χ1n) is 8.72. The molecule has 0 bridgehead atoms. The topological polar surface area (TPSA) is 58.5 Å². The molecule has 2 N–H and O–H groups in total. The van der Waals surface area contributed by atoms with Gasteiger partial charge in [0.15, 0.2) is 5.96 Å². The molecule has 0 aliphatic rings. The van der Waals surface area contributed by atoms with Gasteiger partial charge in [-0.2, -0.15) is 13.2 Å². The quantitative estimate of drug-likeness (QED) is 0.558. The van der Waals surface area contributed by atoms with Gasteiger partial charge in [-0.05, 0) is 45.4 Å². The summed E-state index contributed by atoms with van der Waals surface area (Å²) in [5, 5.41) is 6.02.